The Hall–Kier alpha value is -3.07. The van der Waals surface area contributed by atoms with Crippen molar-refractivity contribution in [1.29, 1.82) is 0 Å². The van der Waals surface area contributed by atoms with Crippen molar-refractivity contribution in [3.63, 3.8) is 0 Å². The molecule has 1 saturated heterocycles. The van der Waals surface area contributed by atoms with Crippen molar-refractivity contribution >= 4 is 47.3 Å². The van der Waals surface area contributed by atoms with E-state index >= 15 is 0 Å². The van der Waals surface area contributed by atoms with Gasteiger partial charge in [-0.3, -0.25) is 24.2 Å². The molecular formula is C20H36N8O6S. The molecule has 1 aliphatic rings. The van der Waals surface area contributed by atoms with E-state index < -0.39 is 54.3 Å². The van der Waals surface area contributed by atoms with E-state index in [1.165, 1.54) is 4.90 Å². The molecule has 1 aliphatic heterocycles. The van der Waals surface area contributed by atoms with E-state index in [1.807, 2.05) is 6.26 Å². The minimum absolute atomic E-state index is 0.0746. The average Bonchev–Trinajstić information content (AvgIpc) is 3.27. The first-order chi connectivity index (χ1) is 16.5. The molecule has 11 N–H and O–H groups in total. The standard InChI is InChI=1S/C20H36N8O6S/c1-35-9-6-11(21)18(32)28-8-3-5-14(28)17(31)26-12(4-2-7-25-20(23)24)16(30)27-13(19(33)34)10-15(22)29/h11-14H,2-10,21H2,1H3,(H2,22,29)(H,26,31)(H,27,30)(H,33,34)(H4,23,24,25). The van der Waals surface area contributed by atoms with Gasteiger partial charge in [-0.25, -0.2) is 4.79 Å². The highest BCUT2D eigenvalue weighted by atomic mass is 32.2. The first kappa shape index (κ1) is 30.0. The van der Waals surface area contributed by atoms with E-state index in [9.17, 15) is 29.1 Å². The Morgan fingerprint density at radius 1 is 1.11 bits per heavy atom. The lowest BCUT2D eigenvalue weighted by Crippen LogP contribution is -2.57. The lowest BCUT2D eigenvalue weighted by Gasteiger charge is -2.28. The fourth-order valence-electron chi connectivity index (χ4n) is 3.60. The van der Waals surface area contributed by atoms with E-state index in [-0.39, 0.29) is 31.3 Å². The van der Waals surface area contributed by atoms with Crippen LogP contribution in [0.1, 0.15) is 38.5 Å². The van der Waals surface area contributed by atoms with Crippen LogP contribution in [0.2, 0.25) is 0 Å². The van der Waals surface area contributed by atoms with Crippen LogP contribution in [0.3, 0.4) is 0 Å². The number of aliphatic imine (C=N–C) groups is 1. The lowest BCUT2D eigenvalue weighted by molar-refractivity contribution is -0.144. The second kappa shape index (κ2) is 15.0. The van der Waals surface area contributed by atoms with Gasteiger partial charge in [-0.15, -0.1) is 0 Å². The first-order valence-corrected chi connectivity index (χ1v) is 12.6. The second-order valence-electron chi connectivity index (χ2n) is 8.16. The van der Waals surface area contributed by atoms with Crippen molar-refractivity contribution in [3.8, 4) is 0 Å². The second-order valence-corrected chi connectivity index (χ2v) is 9.14. The number of hydrogen-bond acceptors (Lipinski definition) is 8. The number of guanidine groups is 1. The van der Waals surface area contributed by atoms with Gasteiger partial charge < -0.3 is 43.6 Å². The van der Waals surface area contributed by atoms with E-state index in [0.717, 1.165) is 0 Å². The van der Waals surface area contributed by atoms with Gasteiger partial charge in [-0.05, 0) is 44.1 Å². The van der Waals surface area contributed by atoms with Crippen LogP contribution < -0.4 is 33.6 Å². The van der Waals surface area contributed by atoms with Gasteiger partial charge in [-0.1, -0.05) is 0 Å². The summed E-state index contributed by atoms with van der Waals surface area (Å²) >= 11 is 1.56. The molecule has 4 unspecified atom stereocenters. The van der Waals surface area contributed by atoms with E-state index in [0.29, 0.717) is 31.6 Å². The van der Waals surface area contributed by atoms with Crippen LogP contribution in [-0.2, 0) is 24.0 Å². The van der Waals surface area contributed by atoms with Crippen LogP contribution >= 0.6 is 11.8 Å². The lowest BCUT2D eigenvalue weighted by atomic mass is 10.1. The van der Waals surface area contributed by atoms with Gasteiger partial charge in [0.05, 0.1) is 12.5 Å². The van der Waals surface area contributed by atoms with Gasteiger partial charge in [-0.2, -0.15) is 11.8 Å². The zero-order valence-corrected chi connectivity index (χ0v) is 20.6. The summed E-state index contributed by atoms with van der Waals surface area (Å²) in [5.41, 5.74) is 21.7. The van der Waals surface area contributed by atoms with Crippen LogP contribution in [0.15, 0.2) is 4.99 Å². The Bertz CT molecular complexity index is 806. The van der Waals surface area contributed by atoms with Gasteiger partial charge in [0.2, 0.25) is 23.6 Å². The summed E-state index contributed by atoms with van der Waals surface area (Å²) in [4.78, 5) is 66.5. The molecule has 1 heterocycles. The summed E-state index contributed by atoms with van der Waals surface area (Å²) < 4.78 is 0. The largest absolute Gasteiger partial charge is 0.480 e. The summed E-state index contributed by atoms with van der Waals surface area (Å²) in [5, 5.41) is 14.1. The van der Waals surface area contributed by atoms with Gasteiger partial charge >= 0.3 is 5.97 Å². The number of thioether (sulfide) groups is 1. The number of carboxylic acid groups (broad SMARTS) is 1. The molecule has 1 fully saturated rings. The summed E-state index contributed by atoms with van der Waals surface area (Å²) in [6.07, 6.45) is 3.11. The number of nitrogens with two attached hydrogens (primary N) is 4. The van der Waals surface area contributed by atoms with Crippen molar-refractivity contribution < 1.29 is 29.1 Å². The molecule has 0 saturated carbocycles. The van der Waals surface area contributed by atoms with Crippen molar-refractivity contribution in [2.75, 3.05) is 25.1 Å². The molecule has 0 aromatic rings. The number of aliphatic carboxylic acids is 1. The maximum Gasteiger partial charge on any atom is 0.326 e. The monoisotopic (exact) mass is 516 g/mol. The quantitative estimate of drug-likeness (QED) is 0.0661. The van der Waals surface area contributed by atoms with E-state index in [4.69, 9.17) is 22.9 Å². The van der Waals surface area contributed by atoms with E-state index in [1.54, 1.807) is 11.8 Å². The minimum Gasteiger partial charge on any atom is -0.480 e. The Morgan fingerprint density at radius 3 is 2.37 bits per heavy atom. The number of carbonyl (C=O) groups is 5. The predicted octanol–water partition coefficient (Wildman–Crippen LogP) is -2.96. The number of carboxylic acids is 1. The third kappa shape index (κ3) is 10.4. The van der Waals surface area contributed by atoms with Crippen molar-refractivity contribution in [1.82, 2.24) is 15.5 Å². The van der Waals surface area contributed by atoms with Gasteiger partial charge in [0.25, 0.3) is 0 Å². The SMILES string of the molecule is CSCCC(N)C(=O)N1CCCC1C(=O)NC(CCCN=C(N)N)C(=O)NC(CC(N)=O)C(=O)O. The number of amides is 4. The van der Waals surface area contributed by atoms with Gasteiger partial charge in [0.15, 0.2) is 5.96 Å². The zero-order valence-electron chi connectivity index (χ0n) is 19.8. The number of primary amides is 1. The van der Waals surface area contributed by atoms with Crippen molar-refractivity contribution in [3.05, 3.63) is 0 Å². The van der Waals surface area contributed by atoms with Gasteiger partial charge in [0, 0.05) is 13.1 Å². The average molecular weight is 517 g/mol. The molecule has 0 aliphatic carbocycles. The zero-order chi connectivity index (χ0) is 26.5. The third-order valence-electron chi connectivity index (χ3n) is 5.39. The number of nitrogens with zero attached hydrogens (tertiary/aromatic N) is 2. The van der Waals surface area contributed by atoms with Crippen LogP contribution in [0.25, 0.3) is 0 Å². The van der Waals surface area contributed by atoms with Gasteiger partial charge in [0.1, 0.15) is 18.1 Å². The number of hydrogen-bond donors (Lipinski definition) is 7. The molecule has 4 atom stereocenters. The Labute approximate surface area is 208 Å². The maximum atomic E-state index is 13.1. The highest BCUT2D eigenvalue weighted by Crippen LogP contribution is 2.19. The molecule has 0 spiro atoms. The predicted molar refractivity (Wildman–Crippen MR) is 131 cm³/mol. The maximum absolute atomic E-state index is 13.1. The number of carbonyl (C=O) groups excluding carboxylic acids is 4. The molecule has 0 aromatic carbocycles. The Balaban J connectivity index is 2.95. The fraction of sp³-hybridized carbons (Fsp3) is 0.700. The van der Waals surface area contributed by atoms with Crippen LogP contribution in [0.4, 0.5) is 0 Å². The Morgan fingerprint density at radius 2 is 1.80 bits per heavy atom. The molecule has 0 bridgehead atoms. The molecule has 14 nitrogen and oxygen atoms in total. The van der Waals surface area contributed by atoms with Crippen LogP contribution in [0.5, 0.6) is 0 Å². The molecule has 15 heteroatoms. The molecular weight excluding hydrogens is 480 g/mol. The number of likely N-dealkylation sites (tertiary alicyclic amines) is 1. The minimum atomic E-state index is -1.56. The molecule has 35 heavy (non-hydrogen) atoms. The summed E-state index contributed by atoms with van der Waals surface area (Å²) in [6.45, 7) is 0.537. The summed E-state index contributed by atoms with van der Waals surface area (Å²) in [6, 6.07) is -4.26. The molecule has 198 valence electrons. The van der Waals surface area contributed by atoms with Crippen LogP contribution in [-0.4, -0.2) is 94.8 Å². The normalized spacial score (nSPS) is 17.7. The molecule has 0 aromatic heterocycles. The first-order valence-electron chi connectivity index (χ1n) is 11.2. The molecule has 0 radical (unpaired) electrons. The highest BCUT2D eigenvalue weighted by molar-refractivity contribution is 7.98. The Kier molecular flexibility index (Phi) is 12.9. The van der Waals surface area contributed by atoms with E-state index in [2.05, 4.69) is 15.6 Å². The van der Waals surface area contributed by atoms with Crippen molar-refractivity contribution in [2.24, 2.45) is 27.9 Å². The number of rotatable bonds is 15. The number of nitrogens with one attached hydrogen (secondary N) is 2. The third-order valence-corrected chi connectivity index (χ3v) is 6.03. The summed E-state index contributed by atoms with van der Waals surface area (Å²) in [7, 11) is 0. The molecule has 1 rings (SSSR count). The summed E-state index contributed by atoms with van der Waals surface area (Å²) in [5.74, 6) is -3.51. The smallest absolute Gasteiger partial charge is 0.326 e. The molecule has 4 amide bonds. The topological polar surface area (TPSA) is 249 Å². The van der Waals surface area contributed by atoms with Crippen molar-refractivity contribution in [2.45, 2.75) is 62.7 Å². The van der Waals surface area contributed by atoms with Crippen LogP contribution in [0, 0.1) is 0 Å². The highest BCUT2D eigenvalue weighted by Gasteiger charge is 2.37. The fourth-order valence-corrected chi connectivity index (χ4v) is 4.09.